The van der Waals surface area contributed by atoms with E-state index < -0.39 is 0 Å². The number of carbonyl (C=O) groups is 1. The standard InChI is InChI=1S/C19H20N4O2/c1-13-14(2)22-23(3)18(13)21-19(24)16-7-4-8-17(10-16)25-12-15-6-5-9-20-11-15/h4-11H,12H2,1-3H3,(H,21,24). The minimum absolute atomic E-state index is 0.196. The summed E-state index contributed by atoms with van der Waals surface area (Å²) in [4.78, 5) is 16.6. The smallest absolute Gasteiger partial charge is 0.256 e. The van der Waals surface area contributed by atoms with Gasteiger partial charge in [-0.3, -0.25) is 14.5 Å². The largest absolute Gasteiger partial charge is 0.489 e. The van der Waals surface area contributed by atoms with Gasteiger partial charge in [-0.2, -0.15) is 5.10 Å². The summed E-state index contributed by atoms with van der Waals surface area (Å²) in [6.07, 6.45) is 3.47. The fourth-order valence-electron chi connectivity index (χ4n) is 2.50. The molecule has 0 atom stereocenters. The SMILES string of the molecule is Cc1nn(C)c(NC(=O)c2cccc(OCc3cccnc3)c2)c1C. The van der Waals surface area contributed by atoms with Crippen LogP contribution in [0.15, 0.2) is 48.8 Å². The molecule has 0 radical (unpaired) electrons. The van der Waals surface area contributed by atoms with Crippen LogP contribution in [0.3, 0.4) is 0 Å². The molecule has 6 heteroatoms. The molecule has 1 amide bonds. The van der Waals surface area contributed by atoms with E-state index in [1.54, 1.807) is 35.3 Å². The molecule has 3 rings (SSSR count). The molecular weight excluding hydrogens is 316 g/mol. The first kappa shape index (κ1) is 16.7. The molecule has 0 aliphatic rings. The lowest BCUT2D eigenvalue weighted by molar-refractivity contribution is 0.102. The number of nitrogens with zero attached hydrogens (tertiary/aromatic N) is 3. The number of ether oxygens (including phenoxy) is 1. The van der Waals surface area contributed by atoms with Gasteiger partial charge in [0.2, 0.25) is 0 Å². The van der Waals surface area contributed by atoms with E-state index in [-0.39, 0.29) is 5.91 Å². The second kappa shape index (κ2) is 7.17. The maximum Gasteiger partial charge on any atom is 0.256 e. The highest BCUT2D eigenvalue weighted by molar-refractivity contribution is 6.04. The number of benzene rings is 1. The third-order valence-corrected chi connectivity index (χ3v) is 3.98. The van der Waals surface area contributed by atoms with E-state index in [0.717, 1.165) is 16.8 Å². The van der Waals surface area contributed by atoms with Crippen molar-refractivity contribution in [1.29, 1.82) is 0 Å². The molecule has 0 unspecified atom stereocenters. The van der Waals surface area contributed by atoms with E-state index in [1.165, 1.54) is 0 Å². The Kier molecular flexibility index (Phi) is 4.79. The van der Waals surface area contributed by atoms with Crippen molar-refractivity contribution in [3.63, 3.8) is 0 Å². The van der Waals surface area contributed by atoms with Gasteiger partial charge in [0.05, 0.1) is 5.69 Å². The van der Waals surface area contributed by atoms with Crippen LogP contribution in [0.4, 0.5) is 5.82 Å². The number of aromatic nitrogens is 3. The maximum atomic E-state index is 12.5. The lowest BCUT2D eigenvalue weighted by atomic mass is 10.2. The molecule has 0 saturated carbocycles. The predicted molar refractivity (Wildman–Crippen MR) is 95.6 cm³/mol. The first-order chi connectivity index (χ1) is 12.0. The summed E-state index contributed by atoms with van der Waals surface area (Å²) in [5.74, 6) is 1.14. The molecule has 1 N–H and O–H groups in total. The Morgan fingerprint density at radius 3 is 2.76 bits per heavy atom. The molecular formula is C19H20N4O2. The van der Waals surface area contributed by atoms with Crippen molar-refractivity contribution in [3.05, 3.63) is 71.2 Å². The van der Waals surface area contributed by atoms with Crippen LogP contribution < -0.4 is 10.1 Å². The van der Waals surface area contributed by atoms with Gasteiger partial charge in [0.1, 0.15) is 18.2 Å². The van der Waals surface area contributed by atoms with E-state index in [9.17, 15) is 4.79 Å². The molecule has 3 aromatic rings. The predicted octanol–water partition coefficient (Wildman–Crippen LogP) is 3.26. The molecule has 0 bridgehead atoms. The summed E-state index contributed by atoms with van der Waals surface area (Å²) in [5.41, 5.74) is 3.35. The maximum absolute atomic E-state index is 12.5. The lowest BCUT2D eigenvalue weighted by Crippen LogP contribution is -2.15. The summed E-state index contributed by atoms with van der Waals surface area (Å²) in [5, 5.41) is 7.22. The average molecular weight is 336 g/mol. The Morgan fingerprint density at radius 1 is 1.24 bits per heavy atom. The number of anilines is 1. The van der Waals surface area contributed by atoms with Gasteiger partial charge in [0.15, 0.2) is 0 Å². The highest BCUT2D eigenvalue weighted by atomic mass is 16.5. The third kappa shape index (κ3) is 3.85. The van der Waals surface area contributed by atoms with Gasteiger partial charge < -0.3 is 10.1 Å². The van der Waals surface area contributed by atoms with E-state index in [4.69, 9.17) is 4.74 Å². The number of hydrogen-bond acceptors (Lipinski definition) is 4. The number of nitrogens with one attached hydrogen (secondary N) is 1. The Morgan fingerprint density at radius 2 is 2.08 bits per heavy atom. The molecule has 128 valence electrons. The number of carbonyl (C=O) groups excluding carboxylic acids is 1. The summed E-state index contributed by atoms with van der Waals surface area (Å²) < 4.78 is 7.42. The van der Waals surface area contributed by atoms with Gasteiger partial charge in [0, 0.05) is 36.1 Å². The summed E-state index contributed by atoms with van der Waals surface area (Å²) >= 11 is 0. The first-order valence-corrected chi connectivity index (χ1v) is 7.98. The van der Waals surface area contributed by atoms with Crippen LogP contribution in [-0.4, -0.2) is 20.7 Å². The zero-order chi connectivity index (χ0) is 17.8. The van der Waals surface area contributed by atoms with Crippen LogP contribution >= 0.6 is 0 Å². The van der Waals surface area contributed by atoms with Crippen LogP contribution in [0.2, 0.25) is 0 Å². The molecule has 0 spiro atoms. The van der Waals surface area contributed by atoms with Gasteiger partial charge in [0.25, 0.3) is 5.91 Å². The molecule has 0 aliphatic carbocycles. The van der Waals surface area contributed by atoms with E-state index >= 15 is 0 Å². The Labute approximate surface area is 146 Å². The van der Waals surface area contributed by atoms with Crippen LogP contribution in [-0.2, 0) is 13.7 Å². The van der Waals surface area contributed by atoms with E-state index in [2.05, 4.69) is 15.4 Å². The van der Waals surface area contributed by atoms with Gasteiger partial charge in [-0.15, -0.1) is 0 Å². The number of hydrogen-bond donors (Lipinski definition) is 1. The number of rotatable bonds is 5. The molecule has 2 aromatic heterocycles. The second-order valence-electron chi connectivity index (χ2n) is 5.81. The molecule has 6 nitrogen and oxygen atoms in total. The van der Waals surface area contributed by atoms with Crippen molar-refractivity contribution in [2.24, 2.45) is 7.05 Å². The quantitative estimate of drug-likeness (QED) is 0.776. The van der Waals surface area contributed by atoms with Crippen LogP contribution in [0.1, 0.15) is 27.2 Å². The van der Waals surface area contributed by atoms with Crippen molar-refractivity contribution in [3.8, 4) is 5.75 Å². The first-order valence-electron chi connectivity index (χ1n) is 7.98. The van der Waals surface area contributed by atoms with Gasteiger partial charge in [-0.25, -0.2) is 0 Å². The molecule has 2 heterocycles. The highest BCUT2D eigenvalue weighted by Gasteiger charge is 2.14. The lowest BCUT2D eigenvalue weighted by Gasteiger charge is -2.09. The van der Waals surface area contributed by atoms with Gasteiger partial charge >= 0.3 is 0 Å². The topological polar surface area (TPSA) is 69.0 Å². The summed E-state index contributed by atoms with van der Waals surface area (Å²) in [7, 11) is 1.81. The summed E-state index contributed by atoms with van der Waals surface area (Å²) in [6.45, 7) is 4.25. The molecule has 0 saturated heterocycles. The average Bonchev–Trinajstić information content (AvgIpc) is 2.87. The van der Waals surface area contributed by atoms with Crippen molar-refractivity contribution in [2.75, 3.05) is 5.32 Å². The molecule has 0 fully saturated rings. The van der Waals surface area contributed by atoms with Crippen molar-refractivity contribution in [1.82, 2.24) is 14.8 Å². The minimum Gasteiger partial charge on any atom is -0.489 e. The van der Waals surface area contributed by atoms with Crippen LogP contribution in [0, 0.1) is 13.8 Å². The third-order valence-electron chi connectivity index (χ3n) is 3.98. The number of amides is 1. The van der Waals surface area contributed by atoms with E-state index in [0.29, 0.717) is 23.7 Å². The zero-order valence-corrected chi connectivity index (χ0v) is 14.5. The fourth-order valence-corrected chi connectivity index (χ4v) is 2.50. The Bertz CT molecular complexity index is 888. The second-order valence-corrected chi connectivity index (χ2v) is 5.81. The normalized spacial score (nSPS) is 10.5. The number of pyridine rings is 1. The fraction of sp³-hybridized carbons (Fsp3) is 0.211. The van der Waals surface area contributed by atoms with Gasteiger partial charge in [-0.05, 0) is 38.1 Å². The molecule has 0 aliphatic heterocycles. The summed E-state index contributed by atoms with van der Waals surface area (Å²) in [6, 6.07) is 10.9. The van der Waals surface area contributed by atoms with Crippen molar-refractivity contribution < 1.29 is 9.53 Å². The van der Waals surface area contributed by atoms with E-state index in [1.807, 2.05) is 39.1 Å². The molecule has 25 heavy (non-hydrogen) atoms. The molecule has 1 aromatic carbocycles. The monoisotopic (exact) mass is 336 g/mol. The highest BCUT2D eigenvalue weighted by Crippen LogP contribution is 2.20. The number of aryl methyl sites for hydroxylation is 2. The Balaban J connectivity index is 1.71. The van der Waals surface area contributed by atoms with Crippen LogP contribution in [0.25, 0.3) is 0 Å². The van der Waals surface area contributed by atoms with Crippen molar-refractivity contribution >= 4 is 11.7 Å². The van der Waals surface area contributed by atoms with Crippen LogP contribution in [0.5, 0.6) is 5.75 Å². The van der Waals surface area contributed by atoms with Crippen molar-refractivity contribution in [2.45, 2.75) is 20.5 Å². The Hall–Kier alpha value is -3.15. The zero-order valence-electron chi connectivity index (χ0n) is 14.5. The van der Waals surface area contributed by atoms with Gasteiger partial charge in [-0.1, -0.05) is 12.1 Å². The minimum atomic E-state index is -0.196.